The van der Waals surface area contributed by atoms with Crippen LogP contribution in [-0.4, -0.2) is 37.6 Å². The van der Waals surface area contributed by atoms with E-state index in [4.69, 9.17) is 9.47 Å². The number of thiazole rings is 1. The summed E-state index contributed by atoms with van der Waals surface area (Å²) in [7, 11) is 3.16. The van der Waals surface area contributed by atoms with Crippen molar-refractivity contribution in [1.29, 1.82) is 0 Å². The third-order valence-corrected chi connectivity index (χ3v) is 6.50. The third-order valence-electron chi connectivity index (χ3n) is 5.55. The van der Waals surface area contributed by atoms with Crippen molar-refractivity contribution >= 4 is 39.1 Å². The van der Waals surface area contributed by atoms with Crippen LogP contribution in [0.1, 0.15) is 30.0 Å². The van der Waals surface area contributed by atoms with E-state index < -0.39 is 5.92 Å². The van der Waals surface area contributed by atoms with Gasteiger partial charge in [0.25, 0.3) is 0 Å². The molecule has 2 aromatic carbocycles. The summed E-state index contributed by atoms with van der Waals surface area (Å²) in [6, 6.07) is 11.1. The molecule has 1 aliphatic rings. The molecule has 0 saturated carbocycles. The fourth-order valence-corrected chi connectivity index (χ4v) is 4.68. The Morgan fingerprint density at radius 3 is 2.71 bits per heavy atom. The molecule has 1 aliphatic heterocycles. The summed E-state index contributed by atoms with van der Waals surface area (Å²) in [5, 5.41) is 4.01. The fraction of sp³-hybridized carbons (Fsp3) is 0.348. The number of amides is 2. The van der Waals surface area contributed by atoms with E-state index >= 15 is 0 Å². The van der Waals surface area contributed by atoms with Gasteiger partial charge in [-0.25, -0.2) is 4.98 Å². The molecule has 2 unspecified atom stereocenters. The number of benzene rings is 2. The highest BCUT2D eigenvalue weighted by atomic mass is 32.1. The van der Waals surface area contributed by atoms with Gasteiger partial charge in [0, 0.05) is 18.7 Å². The van der Waals surface area contributed by atoms with E-state index in [-0.39, 0.29) is 24.3 Å². The summed E-state index contributed by atoms with van der Waals surface area (Å²) in [4.78, 5) is 31.7. The number of hydrogen-bond acceptors (Lipinski definition) is 6. The number of fused-ring (bicyclic) bond motifs is 1. The smallest absolute Gasteiger partial charge is 0.227 e. The number of aromatic nitrogens is 1. The number of hydrogen-bond donors (Lipinski definition) is 1. The predicted octanol–water partition coefficient (Wildman–Crippen LogP) is 3.85. The Balaban J connectivity index is 1.45. The number of aryl methyl sites for hydroxylation is 1. The summed E-state index contributed by atoms with van der Waals surface area (Å²) in [6.45, 7) is 4.23. The van der Waals surface area contributed by atoms with Gasteiger partial charge < -0.3 is 19.7 Å². The molecule has 2 amide bonds. The van der Waals surface area contributed by atoms with Gasteiger partial charge in [-0.2, -0.15) is 0 Å². The van der Waals surface area contributed by atoms with Crippen molar-refractivity contribution in [3.05, 3.63) is 47.0 Å². The van der Waals surface area contributed by atoms with E-state index in [1.165, 1.54) is 0 Å². The third kappa shape index (κ3) is 4.20. The molecule has 0 spiro atoms. The Hall–Kier alpha value is -3.13. The lowest BCUT2D eigenvalue weighted by atomic mass is 10.0. The molecule has 31 heavy (non-hydrogen) atoms. The zero-order chi connectivity index (χ0) is 22.1. The first-order chi connectivity index (χ1) is 14.9. The van der Waals surface area contributed by atoms with Crippen LogP contribution in [0.25, 0.3) is 10.2 Å². The number of carbonyl (C=O) groups excluding carboxylic acids is 2. The van der Waals surface area contributed by atoms with Crippen LogP contribution < -0.4 is 19.7 Å². The van der Waals surface area contributed by atoms with Crippen LogP contribution in [0.2, 0.25) is 0 Å². The van der Waals surface area contributed by atoms with Crippen LogP contribution in [0.3, 0.4) is 0 Å². The highest BCUT2D eigenvalue weighted by molar-refractivity contribution is 7.18. The first-order valence-corrected chi connectivity index (χ1v) is 10.9. The van der Waals surface area contributed by atoms with Crippen molar-refractivity contribution in [3.8, 4) is 11.5 Å². The monoisotopic (exact) mass is 439 g/mol. The number of anilines is 1. The molecule has 0 radical (unpaired) electrons. The van der Waals surface area contributed by atoms with Crippen LogP contribution in [0.5, 0.6) is 11.5 Å². The summed E-state index contributed by atoms with van der Waals surface area (Å²) in [6.07, 6.45) is 0.193. The van der Waals surface area contributed by atoms with Gasteiger partial charge in [0.15, 0.2) is 11.5 Å². The van der Waals surface area contributed by atoms with E-state index in [0.29, 0.717) is 18.0 Å². The normalized spacial score (nSPS) is 17.1. The minimum atomic E-state index is -0.400. The van der Waals surface area contributed by atoms with Gasteiger partial charge in [-0.15, -0.1) is 11.3 Å². The largest absolute Gasteiger partial charge is 0.493 e. The van der Waals surface area contributed by atoms with Gasteiger partial charge in [0.1, 0.15) is 0 Å². The van der Waals surface area contributed by atoms with Crippen molar-refractivity contribution in [2.75, 3.05) is 25.7 Å². The molecule has 2 atom stereocenters. The van der Waals surface area contributed by atoms with Crippen molar-refractivity contribution in [3.63, 3.8) is 0 Å². The molecule has 1 saturated heterocycles. The number of nitrogens with one attached hydrogen (secondary N) is 1. The fourth-order valence-electron chi connectivity index (χ4n) is 3.87. The van der Waals surface area contributed by atoms with Crippen LogP contribution >= 0.6 is 11.3 Å². The van der Waals surface area contributed by atoms with Crippen molar-refractivity contribution in [2.24, 2.45) is 5.92 Å². The number of rotatable bonds is 6. The van der Waals surface area contributed by atoms with Gasteiger partial charge in [0.05, 0.1) is 41.4 Å². The summed E-state index contributed by atoms with van der Waals surface area (Å²) in [5.74, 6) is 0.655. The predicted molar refractivity (Wildman–Crippen MR) is 121 cm³/mol. The first-order valence-electron chi connectivity index (χ1n) is 10.1. The molecule has 0 aliphatic carbocycles. The van der Waals surface area contributed by atoms with E-state index in [9.17, 15) is 9.59 Å². The van der Waals surface area contributed by atoms with Gasteiger partial charge in [-0.3, -0.25) is 9.59 Å². The highest BCUT2D eigenvalue weighted by Crippen LogP contribution is 2.32. The number of carbonyl (C=O) groups is 2. The minimum absolute atomic E-state index is 0.0507. The quantitative estimate of drug-likeness (QED) is 0.631. The van der Waals surface area contributed by atoms with E-state index in [2.05, 4.69) is 10.3 Å². The Bertz CT molecular complexity index is 1140. The van der Waals surface area contributed by atoms with Gasteiger partial charge in [-0.05, 0) is 49.7 Å². The van der Waals surface area contributed by atoms with Crippen LogP contribution in [0.4, 0.5) is 5.69 Å². The van der Waals surface area contributed by atoms with E-state index in [0.717, 1.165) is 26.5 Å². The molecule has 1 fully saturated rings. The maximum atomic E-state index is 12.9. The van der Waals surface area contributed by atoms with Gasteiger partial charge in [0.2, 0.25) is 11.8 Å². The summed E-state index contributed by atoms with van der Waals surface area (Å²) < 4.78 is 11.7. The zero-order valence-corrected chi connectivity index (χ0v) is 18.8. The summed E-state index contributed by atoms with van der Waals surface area (Å²) >= 11 is 1.62. The number of methoxy groups -OCH3 is 2. The molecule has 3 aromatic rings. The molecule has 0 bridgehead atoms. The van der Waals surface area contributed by atoms with Crippen LogP contribution in [-0.2, 0) is 9.59 Å². The molecule has 4 rings (SSSR count). The van der Waals surface area contributed by atoms with Crippen molar-refractivity contribution < 1.29 is 19.1 Å². The lowest BCUT2D eigenvalue weighted by molar-refractivity contribution is -0.126. The second-order valence-corrected chi connectivity index (χ2v) is 8.87. The van der Waals surface area contributed by atoms with Gasteiger partial charge >= 0.3 is 0 Å². The first kappa shape index (κ1) is 21.1. The average Bonchev–Trinajstić information content (AvgIpc) is 3.33. The molecule has 1 N–H and O–H groups in total. The second kappa shape index (κ2) is 8.55. The molecule has 8 heteroatoms. The Labute approximate surface area is 185 Å². The molecule has 7 nitrogen and oxygen atoms in total. The maximum absolute atomic E-state index is 12.9. The molecule has 162 valence electrons. The molecule has 1 aromatic heterocycles. The van der Waals surface area contributed by atoms with E-state index in [1.807, 2.05) is 50.2 Å². The van der Waals surface area contributed by atoms with E-state index in [1.54, 1.807) is 30.5 Å². The zero-order valence-electron chi connectivity index (χ0n) is 18.0. The number of ether oxygens (including phenoxy) is 2. The van der Waals surface area contributed by atoms with Crippen LogP contribution in [0, 0.1) is 12.8 Å². The Kier molecular flexibility index (Phi) is 5.82. The Morgan fingerprint density at radius 1 is 1.19 bits per heavy atom. The molecular weight excluding hydrogens is 414 g/mol. The van der Waals surface area contributed by atoms with Gasteiger partial charge in [-0.1, -0.05) is 6.07 Å². The standard InChI is InChI=1S/C23H25N3O4S/c1-13(15-5-7-19(29-3)20(9-15)30-4)24-23(28)16-10-22(27)26(12-16)17-6-8-21-18(11-17)25-14(2)31-21/h5-9,11,13,16H,10,12H2,1-4H3,(H,24,28). The minimum Gasteiger partial charge on any atom is -0.493 e. The molecular formula is C23H25N3O4S. The van der Waals surface area contributed by atoms with Crippen molar-refractivity contribution in [1.82, 2.24) is 10.3 Å². The van der Waals surface area contributed by atoms with Crippen LogP contribution in [0.15, 0.2) is 36.4 Å². The average molecular weight is 440 g/mol. The lowest BCUT2D eigenvalue weighted by Crippen LogP contribution is -2.34. The van der Waals surface area contributed by atoms with Crippen molar-refractivity contribution in [2.45, 2.75) is 26.3 Å². The SMILES string of the molecule is COc1ccc(C(C)NC(=O)C2CC(=O)N(c3ccc4sc(C)nc4c3)C2)cc1OC. The second-order valence-electron chi connectivity index (χ2n) is 7.63. The highest BCUT2D eigenvalue weighted by Gasteiger charge is 2.35. The summed E-state index contributed by atoms with van der Waals surface area (Å²) in [5.41, 5.74) is 2.56. The maximum Gasteiger partial charge on any atom is 0.227 e. The number of nitrogens with zero attached hydrogens (tertiary/aromatic N) is 2. The topological polar surface area (TPSA) is 80.8 Å². The lowest BCUT2D eigenvalue weighted by Gasteiger charge is -2.19. The molecule has 2 heterocycles. The Morgan fingerprint density at radius 2 is 1.97 bits per heavy atom.